The van der Waals surface area contributed by atoms with Crippen LogP contribution in [0.15, 0.2) is 29.3 Å². The molecule has 4 nitrogen and oxygen atoms in total. The van der Waals surface area contributed by atoms with E-state index in [1.807, 2.05) is 45.0 Å². The van der Waals surface area contributed by atoms with Gasteiger partial charge < -0.3 is 9.84 Å². The second kappa shape index (κ2) is 11.4. The van der Waals surface area contributed by atoms with Gasteiger partial charge in [0, 0.05) is 18.4 Å². The molecule has 1 aliphatic rings. The molecule has 0 aliphatic carbocycles. The Morgan fingerprint density at radius 1 is 0.906 bits per heavy atom. The molecule has 0 amide bonds. The van der Waals surface area contributed by atoms with E-state index in [-0.39, 0.29) is 0 Å². The van der Waals surface area contributed by atoms with Crippen LogP contribution in [0.3, 0.4) is 0 Å². The molecule has 0 aromatic heterocycles. The summed E-state index contributed by atoms with van der Waals surface area (Å²) in [6, 6.07) is 7.87. The summed E-state index contributed by atoms with van der Waals surface area (Å²) in [5.41, 5.74) is -0.169. The van der Waals surface area contributed by atoms with Crippen LogP contribution < -0.4 is 10.6 Å². The SMILES string of the molecule is CC(C)(C)CCCCCCCCCOCCC(C)(C(=O)O)C1=c2ccccc2=NC1(C)C. The van der Waals surface area contributed by atoms with E-state index >= 15 is 0 Å². The Kier molecular flexibility index (Phi) is 9.51. The van der Waals surface area contributed by atoms with Crippen LogP contribution in [0, 0.1) is 10.8 Å². The van der Waals surface area contributed by atoms with Crippen LogP contribution in [-0.2, 0) is 9.53 Å². The molecule has 180 valence electrons. The van der Waals surface area contributed by atoms with Gasteiger partial charge >= 0.3 is 5.97 Å². The highest BCUT2D eigenvalue weighted by molar-refractivity contribution is 5.89. The molecule has 1 unspecified atom stereocenters. The molecular weight excluding hydrogens is 398 g/mol. The Morgan fingerprint density at radius 3 is 2.12 bits per heavy atom. The molecule has 0 saturated heterocycles. The molecule has 1 N–H and O–H groups in total. The summed E-state index contributed by atoms with van der Waals surface area (Å²) in [6.45, 7) is 13.9. The van der Waals surface area contributed by atoms with E-state index in [1.165, 1.54) is 44.9 Å². The molecule has 0 spiro atoms. The third-order valence-corrected chi connectivity index (χ3v) is 6.67. The van der Waals surface area contributed by atoms with Crippen molar-refractivity contribution in [2.45, 2.75) is 105 Å². The third-order valence-electron chi connectivity index (χ3n) is 6.67. The summed E-state index contributed by atoms with van der Waals surface area (Å²) in [7, 11) is 0. The smallest absolute Gasteiger partial charge is 0.313 e. The van der Waals surface area contributed by atoms with Gasteiger partial charge in [-0.25, -0.2) is 0 Å². The standard InChI is InChI=1S/C28H45NO3/c1-26(2,3)18-14-10-8-7-9-11-15-20-32-21-19-28(6,25(30)31)24-22-16-12-13-17-23(22)29-27(24,4)5/h12-13,16-17H,7-11,14-15,18-21H2,1-6H3,(H,30,31). The zero-order valence-electron chi connectivity index (χ0n) is 21.3. The first-order valence-electron chi connectivity index (χ1n) is 12.5. The molecular formula is C28H45NO3. The van der Waals surface area contributed by atoms with Gasteiger partial charge in [-0.15, -0.1) is 0 Å². The molecule has 1 aliphatic heterocycles. The molecule has 0 radical (unpaired) electrons. The van der Waals surface area contributed by atoms with E-state index in [2.05, 4.69) is 20.8 Å². The van der Waals surface area contributed by atoms with Crippen molar-refractivity contribution >= 4 is 11.5 Å². The van der Waals surface area contributed by atoms with Crippen LogP contribution in [0.2, 0.25) is 0 Å². The number of carbonyl (C=O) groups is 1. The fraction of sp³-hybridized carbons (Fsp3) is 0.714. The van der Waals surface area contributed by atoms with Gasteiger partial charge in [0.15, 0.2) is 0 Å². The van der Waals surface area contributed by atoms with Gasteiger partial charge in [0.1, 0.15) is 0 Å². The highest BCUT2D eigenvalue weighted by Crippen LogP contribution is 2.41. The molecule has 1 atom stereocenters. The summed E-state index contributed by atoms with van der Waals surface area (Å²) in [5.74, 6) is -0.803. The van der Waals surface area contributed by atoms with Crippen LogP contribution in [0.25, 0.3) is 5.57 Å². The summed E-state index contributed by atoms with van der Waals surface area (Å²) in [5, 5.41) is 12.0. The number of para-hydroxylation sites is 1. The number of nitrogens with zero attached hydrogens (tertiary/aromatic N) is 1. The lowest BCUT2D eigenvalue weighted by atomic mass is 9.71. The number of hydrogen-bond donors (Lipinski definition) is 1. The second-order valence-corrected chi connectivity index (χ2v) is 11.3. The number of carboxylic acids is 1. The Balaban J connectivity index is 1.74. The van der Waals surface area contributed by atoms with Gasteiger partial charge in [-0.05, 0) is 57.1 Å². The van der Waals surface area contributed by atoms with Crippen LogP contribution in [-0.4, -0.2) is 29.8 Å². The van der Waals surface area contributed by atoms with Crippen molar-refractivity contribution in [1.82, 2.24) is 0 Å². The van der Waals surface area contributed by atoms with E-state index in [1.54, 1.807) is 0 Å². The zero-order chi connectivity index (χ0) is 23.8. The minimum atomic E-state index is -0.993. The molecule has 1 aromatic carbocycles. The largest absolute Gasteiger partial charge is 0.481 e. The highest BCUT2D eigenvalue weighted by atomic mass is 16.5. The first-order chi connectivity index (χ1) is 15.0. The summed E-state index contributed by atoms with van der Waals surface area (Å²) < 4.78 is 5.87. The van der Waals surface area contributed by atoms with Crippen molar-refractivity contribution in [2.24, 2.45) is 15.8 Å². The first kappa shape index (κ1) is 26.6. The van der Waals surface area contributed by atoms with Gasteiger partial charge in [-0.2, -0.15) is 0 Å². The Labute approximate surface area is 195 Å². The maximum absolute atomic E-state index is 12.4. The highest BCUT2D eigenvalue weighted by Gasteiger charge is 2.45. The monoisotopic (exact) mass is 443 g/mol. The van der Waals surface area contributed by atoms with Crippen molar-refractivity contribution in [1.29, 1.82) is 0 Å². The topological polar surface area (TPSA) is 58.9 Å². The number of carboxylic acid groups (broad SMARTS) is 1. The number of hydrogen-bond acceptors (Lipinski definition) is 3. The van der Waals surface area contributed by atoms with E-state index in [0.29, 0.717) is 25.0 Å². The minimum Gasteiger partial charge on any atom is -0.481 e. The van der Waals surface area contributed by atoms with Crippen LogP contribution in [0.1, 0.15) is 99.3 Å². The number of fused-ring (bicyclic) bond motifs is 1. The van der Waals surface area contributed by atoms with Gasteiger partial charge in [-0.3, -0.25) is 9.79 Å². The average Bonchev–Trinajstić information content (AvgIpc) is 2.97. The maximum Gasteiger partial charge on any atom is 0.313 e. The number of ether oxygens (including phenoxy) is 1. The van der Waals surface area contributed by atoms with Crippen LogP contribution in [0.5, 0.6) is 0 Å². The van der Waals surface area contributed by atoms with Gasteiger partial charge in [0.2, 0.25) is 0 Å². The van der Waals surface area contributed by atoms with E-state index < -0.39 is 16.9 Å². The van der Waals surface area contributed by atoms with E-state index in [0.717, 1.165) is 22.6 Å². The van der Waals surface area contributed by atoms with Crippen LogP contribution >= 0.6 is 0 Å². The third kappa shape index (κ3) is 7.43. The Hall–Kier alpha value is -1.68. The molecule has 0 saturated carbocycles. The first-order valence-corrected chi connectivity index (χ1v) is 12.5. The van der Waals surface area contributed by atoms with Crippen LogP contribution in [0.4, 0.5) is 0 Å². The van der Waals surface area contributed by atoms with Gasteiger partial charge in [-0.1, -0.05) is 77.5 Å². The summed E-state index contributed by atoms with van der Waals surface area (Å²) in [4.78, 5) is 17.1. The van der Waals surface area contributed by atoms with Crippen molar-refractivity contribution < 1.29 is 14.6 Å². The van der Waals surface area contributed by atoms with Gasteiger partial charge in [0.25, 0.3) is 0 Å². The zero-order valence-corrected chi connectivity index (χ0v) is 21.3. The number of unbranched alkanes of at least 4 members (excludes halogenated alkanes) is 6. The normalized spacial score (nSPS) is 17.0. The minimum absolute atomic E-state index is 0.456. The lowest BCUT2D eigenvalue weighted by molar-refractivity contribution is -0.145. The second-order valence-electron chi connectivity index (χ2n) is 11.3. The summed E-state index contributed by atoms with van der Waals surface area (Å²) in [6.07, 6.45) is 10.6. The van der Waals surface area contributed by atoms with Gasteiger partial charge in [0.05, 0.1) is 16.3 Å². The fourth-order valence-electron chi connectivity index (χ4n) is 4.90. The Bertz CT molecular complexity index is 865. The molecule has 1 heterocycles. The molecule has 1 aromatic rings. The number of aliphatic carboxylic acids is 1. The van der Waals surface area contributed by atoms with Crippen molar-refractivity contribution in [3.63, 3.8) is 0 Å². The molecule has 4 heteroatoms. The number of rotatable bonds is 14. The predicted octanol–water partition coefficient (Wildman–Crippen LogP) is 5.91. The number of benzene rings is 1. The molecule has 32 heavy (non-hydrogen) atoms. The molecule has 0 bridgehead atoms. The fourth-order valence-corrected chi connectivity index (χ4v) is 4.90. The van der Waals surface area contributed by atoms with Crippen molar-refractivity contribution in [3.05, 3.63) is 34.8 Å². The van der Waals surface area contributed by atoms with Crippen molar-refractivity contribution in [3.8, 4) is 0 Å². The lowest BCUT2D eigenvalue weighted by Crippen LogP contribution is -2.41. The van der Waals surface area contributed by atoms with Crippen molar-refractivity contribution in [2.75, 3.05) is 13.2 Å². The summed E-state index contributed by atoms with van der Waals surface area (Å²) >= 11 is 0. The van der Waals surface area contributed by atoms with E-state index in [9.17, 15) is 9.90 Å². The average molecular weight is 444 g/mol. The van der Waals surface area contributed by atoms with E-state index in [4.69, 9.17) is 9.73 Å². The molecule has 0 fully saturated rings. The predicted molar refractivity (Wildman–Crippen MR) is 132 cm³/mol. The molecule has 2 rings (SSSR count). The lowest BCUT2D eigenvalue weighted by Gasteiger charge is -2.34. The maximum atomic E-state index is 12.4. The Morgan fingerprint density at radius 2 is 1.50 bits per heavy atom. The quantitative estimate of drug-likeness (QED) is 0.363.